The molecule has 1 aromatic heterocycles. The third-order valence-corrected chi connectivity index (χ3v) is 2.48. The molecule has 0 fully saturated rings. The summed E-state index contributed by atoms with van der Waals surface area (Å²) in [6.45, 7) is 2.82. The molecular weight excluding hydrogens is 246 g/mol. The summed E-state index contributed by atoms with van der Waals surface area (Å²) in [6, 6.07) is 5.06. The number of aromatic nitrogens is 4. The van der Waals surface area contributed by atoms with Gasteiger partial charge >= 0.3 is 0 Å². The molecule has 0 atom stereocenters. The van der Waals surface area contributed by atoms with E-state index < -0.39 is 0 Å². The van der Waals surface area contributed by atoms with Crippen LogP contribution in [0.5, 0.6) is 0 Å². The molecule has 1 heterocycles. The second-order valence-corrected chi connectivity index (χ2v) is 3.84. The van der Waals surface area contributed by atoms with Crippen molar-refractivity contribution >= 4 is 17.3 Å². The highest BCUT2D eigenvalue weighted by atomic mass is 16.1. The second-order valence-electron chi connectivity index (χ2n) is 3.84. The average molecular weight is 261 g/mol. The quantitative estimate of drug-likeness (QED) is 0.568. The lowest BCUT2D eigenvalue weighted by Gasteiger charge is -2.09. The summed E-state index contributed by atoms with van der Waals surface area (Å²) >= 11 is 0. The van der Waals surface area contributed by atoms with Gasteiger partial charge in [0.25, 0.3) is 5.91 Å². The predicted octanol–water partition coefficient (Wildman–Crippen LogP) is 0.144. The van der Waals surface area contributed by atoms with E-state index in [0.29, 0.717) is 35.9 Å². The summed E-state index contributed by atoms with van der Waals surface area (Å²) in [5.41, 5.74) is 7.61. The van der Waals surface area contributed by atoms with Crippen molar-refractivity contribution in [3.8, 4) is 0 Å². The highest BCUT2D eigenvalue weighted by molar-refractivity contribution is 5.96. The monoisotopic (exact) mass is 261 g/mol. The van der Waals surface area contributed by atoms with Crippen molar-refractivity contribution in [3.05, 3.63) is 29.6 Å². The first kappa shape index (κ1) is 12.8. The molecule has 100 valence electrons. The number of hydrogen-bond donors (Lipinski definition) is 4. The van der Waals surface area contributed by atoms with Gasteiger partial charge in [0.15, 0.2) is 5.82 Å². The van der Waals surface area contributed by atoms with Gasteiger partial charge in [-0.15, -0.1) is 10.2 Å². The molecule has 19 heavy (non-hydrogen) atoms. The fourth-order valence-corrected chi connectivity index (χ4v) is 1.54. The smallest absolute Gasteiger partial charge is 0.251 e. The van der Waals surface area contributed by atoms with E-state index in [2.05, 4.69) is 31.3 Å². The zero-order valence-electron chi connectivity index (χ0n) is 10.5. The maximum atomic E-state index is 11.7. The van der Waals surface area contributed by atoms with Gasteiger partial charge in [-0.05, 0) is 25.1 Å². The van der Waals surface area contributed by atoms with Crippen LogP contribution < -0.4 is 16.4 Å². The van der Waals surface area contributed by atoms with E-state index in [4.69, 9.17) is 5.73 Å². The van der Waals surface area contributed by atoms with E-state index in [0.717, 1.165) is 0 Å². The van der Waals surface area contributed by atoms with E-state index in [1.807, 2.05) is 6.92 Å². The maximum Gasteiger partial charge on any atom is 0.251 e. The van der Waals surface area contributed by atoms with Crippen molar-refractivity contribution in [2.24, 2.45) is 0 Å². The van der Waals surface area contributed by atoms with E-state index in [1.165, 1.54) is 0 Å². The Morgan fingerprint density at radius 2 is 2.32 bits per heavy atom. The Bertz CT molecular complexity index is 552. The van der Waals surface area contributed by atoms with Crippen LogP contribution in [0.15, 0.2) is 18.2 Å². The molecule has 1 aromatic carbocycles. The molecule has 0 saturated heterocycles. The molecule has 2 aromatic rings. The summed E-state index contributed by atoms with van der Waals surface area (Å²) in [7, 11) is 0. The number of hydrogen-bond acceptors (Lipinski definition) is 6. The summed E-state index contributed by atoms with van der Waals surface area (Å²) < 4.78 is 0. The van der Waals surface area contributed by atoms with E-state index in [1.54, 1.807) is 18.2 Å². The molecule has 5 N–H and O–H groups in total. The Balaban J connectivity index is 2.10. The number of carbonyl (C=O) groups is 1. The Labute approximate surface area is 109 Å². The Hall–Kier alpha value is -2.64. The fraction of sp³-hybridized carbons (Fsp3) is 0.273. The number of carbonyl (C=O) groups excluding carboxylic acids is 1. The molecule has 0 aliphatic carbocycles. The van der Waals surface area contributed by atoms with Crippen LogP contribution in [-0.4, -0.2) is 33.1 Å². The summed E-state index contributed by atoms with van der Waals surface area (Å²) in [6.07, 6.45) is 0. The number of H-pyrrole nitrogens is 1. The summed E-state index contributed by atoms with van der Waals surface area (Å²) in [5, 5.41) is 19.2. The van der Waals surface area contributed by atoms with Crippen LogP contribution in [0.25, 0.3) is 0 Å². The number of tetrazole rings is 1. The van der Waals surface area contributed by atoms with Gasteiger partial charge in [-0.1, -0.05) is 5.21 Å². The molecule has 0 bridgehead atoms. The van der Waals surface area contributed by atoms with Crippen LogP contribution in [0.4, 0.5) is 11.4 Å². The summed E-state index contributed by atoms with van der Waals surface area (Å²) in [4.78, 5) is 11.7. The fourth-order valence-electron chi connectivity index (χ4n) is 1.54. The number of benzene rings is 1. The molecule has 0 unspecified atom stereocenters. The van der Waals surface area contributed by atoms with Gasteiger partial charge < -0.3 is 16.4 Å². The zero-order valence-corrected chi connectivity index (χ0v) is 10.5. The van der Waals surface area contributed by atoms with Crippen LogP contribution in [-0.2, 0) is 6.54 Å². The Kier molecular flexibility index (Phi) is 3.91. The van der Waals surface area contributed by atoms with Crippen molar-refractivity contribution in [2.75, 3.05) is 17.6 Å². The second kappa shape index (κ2) is 5.80. The number of nitrogens with zero attached hydrogens (tertiary/aromatic N) is 3. The highest BCUT2D eigenvalue weighted by Gasteiger charge is 2.08. The first-order valence-corrected chi connectivity index (χ1v) is 5.84. The number of nitrogens with one attached hydrogen (secondary N) is 3. The number of anilines is 2. The number of nitrogen functional groups attached to an aromatic ring is 1. The molecule has 0 radical (unpaired) electrons. The van der Waals surface area contributed by atoms with Crippen molar-refractivity contribution in [1.82, 2.24) is 25.9 Å². The van der Waals surface area contributed by atoms with Crippen molar-refractivity contribution in [2.45, 2.75) is 13.5 Å². The van der Waals surface area contributed by atoms with Crippen LogP contribution in [0.3, 0.4) is 0 Å². The molecule has 0 aliphatic rings. The van der Waals surface area contributed by atoms with Gasteiger partial charge in [-0.25, -0.2) is 0 Å². The number of rotatable bonds is 5. The Morgan fingerprint density at radius 1 is 1.47 bits per heavy atom. The molecule has 8 heteroatoms. The normalized spacial score (nSPS) is 10.2. The first-order chi connectivity index (χ1) is 9.20. The average Bonchev–Trinajstić information content (AvgIpc) is 2.91. The number of amides is 1. The lowest BCUT2D eigenvalue weighted by atomic mass is 10.1. The first-order valence-electron chi connectivity index (χ1n) is 5.84. The predicted molar refractivity (Wildman–Crippen MR) is 70.4 cm³/mol. The largest absolute Gasteiger partial charge is 0.397 e. The molecule has 0 aliphatic heterocycles. The third kappa shape index (κ3) is 3.18. The van der Waals surface area contributed by atoms with Crippen molar-refractivity contribution in [1.29, 1.82) is 0 Å². The SMILES string of the molecule is CCNC(=O)c1ccc(N)c(NCc2nn[nH]n2)c1. The minimum Gasteiger partial charge on any atom is -0.397 e. The third-order valence-electron chi connectivity index (χ3n) is 2.48. The van der Waals surface area contributed by atoms with Gasteiger partial charge in [-0.3, -0.25) is 4.79 Å². The van der Waals surface area contributed by atoms with Gasteiger partial charge in [0.2, 0.25) is 0 Å². The van der Waals surface area contributed by atoms with Crippen LogP contribution in [0, 0.1) is 0 Å². The number of nitrogens with two attached hydrogens (primary N) is 1. The van der Waals surface area contributed by atoms with Crippen LogP contribution in [0.1, 0.15) is 23.1 Å². The lowest BCUT2D eigenvalue weighted by molar-refractivity contribution is 0.0956. The van der Waals surface area contributed by atoms with Gasteiger partial charge in [0, 0.05) is 12.1 Å². The molecule has 0 saturated carbocycles. The minimum atomic E-state index is -0.134. The van der Waals surface area contributed by atoms with Crippen molar-refractivity contribution < 1.29 is 4.79 Å². The Morgan fingerprint density at radius 3 is 3.00 bits per heavy atom. The van der Waals surface area contributed by atoms with Gasteiger partial charge in [0.1, 0.15) is 0 Å². The maximum absolute atomic E-state index is 11.7. The van der Waals surface area contributed by atoms with E-state index in [-0.39, 0.29) is 5.91 Å². The zero-order chi connectivity index (χ0) is 13.7. The van der Waals surface area contributed by atoms with Gasteiger partial charge in [-0.2, -0.15) is 5.21 Å². The molecule has 2 rings (SSSR count). The molecule has 8 nitrogen and oxygen atoms in total. The highest BCUT2D eigenvalue weighted by Crippen LogP contribution is 2.20. The molecule has 0 spiro atoms. The number of aromatic amines is 1. The lowest BCUT2D eigenvalue weighted by Crippen LogP contribution is -2.22. The van der Waals surface area contributed by atoms with Gasteiger partial charge in [0.05, 0.1) is 17.9 Å². The van der Waals surface area contributed by atoms with Crippen LogP contribution >= 0.6 is 0 Å². The topological polar surface area (TPSA) is 122 Å². The summed E-state index contributed by atoms with van der Waals surface area (Å²) in [5.74, 6) is 0.382. The minimum absolute atomic E-state index is 0.134. The van der Waals surface area contributed by atoms with Crippen LogP contribution in [0.2, 0.25) is 0 Å². The standard InChI is InChI=1S/C11H15N7O/c1-2-13-11(19)7-3-4-8(12)9(5-7)14-6-10-15-17-18-16-10/h3-5,14H,2,6,12H2,1H3,(H,13,19)(H,15,16,17,18). The molecule has 1 amide bonds. The molecular formula is C11H15N7O. The van der Waals surface area contributed by atoms with E-state index in [9.17, 15) is 4.79 Å². The van der Waals surface area contributed by atoms with E-state index >= 15 is 0 Å². The van der Waals surface area contributed by atoms with Crippen molar-refractivity contribution in [3.63, 3.8) is 0 Å².